The molecule has 2 aromatic carbocycles. The normalized spacial score (nSPS) is 16.9. The Hall–Kier alpha value is -3.91. The van der Waals surface area contributed by atoms with Crippen molar-refractivity contribution in [3.63, 3.8) is 0 Å². The van der Waals surface area contributed by atoms with Crippen molar-refractivity contribution in [2.75, 3.05) is 4.90 Å². The molecule has 0 atom stereocenters. The Kier molecular flexibility index (Phi) is 4.37. The molecule has 1 aromatic heterocycles. The van der Waals surface area contributed by atoms with Gasteiger partial charge in [0.2, 0.25) is 0 Å². The van der Waals surface area contributed by atoms with E-state index in [2.05, 4.69) is 5.32 Å². The van der Waals surface area contributed by atoms with E-state index in [0.29, 0.717) is 38.8 Å². The summed E-state index contributed by atoms with van der Waals surface area (Å²) in [5.74, 6) is -0.176. The maximum Gasteiger partial charge on any atom is 0.271 e. The quantitative estimate of drug-likeness (QED) is 0.480. The summed E-state index contributed by atoms with van der Waals surface area (Å²) in [5, 5.41) is 10.6. The maximum absolute atomic E-state index is 12.9. The molecule has 3 aromatic rings. The molecule has 7 nitrogen and oxygen atoms in total. The molecule has 1 fully saturated rings. The summed E-state index contributed by atoms with van der Waals surface area (Å²) >= 11 is 1.07. The number of nitrogens with one attached hydrogen (secondary N) is 2. The van der Waals surface area contributed by atoms with E-state index in [-0.39, 0.29) is 11.1 Å². The van der Waals surface area contributed by atoms with Crippen LogP contribution in [-0.2, 0) is 4.79 Å². The van der Waals surface area contributed by atoms with Crippen molar-refractivity contribution in [2.24, 2.45) is 0 Å². The molecule has 1 saturated heterocycles. The minimum absolute atomic E-state index is 0.126. The molecule has 0 aliphatic carbocycles. The summed E-state index contributed by atoms with van der Waals surface area (Å²) in [4.78, 5) is 38.2. The van der Waals surface area contributed by atoms with Crippen LogP contribution in [0.5, 0.6) is 0 Å². The zero-order chi connectivity index (χ0) is 21.7. The number of hydrogen-bond donors (Lipinski definition) is 2. The van der Waals surface area contributed by atoms with Crippen LogP contribution >= 0.6 is 11.8 Å². The number of amidine groups is 1. The third kappa shape index (κ3) is 3.27. The van der Waals surface area contributed by atoms with E-state index in [1.165, 1.54) is 4.90 Å². The van der Waals surface area contributed by atoms with Crippen molar-refractivity contribution in [1.29, 1.82) is 5.41 Å². The number of anilines is 1. The summed E-state index contributed by atoms with van der Waals surface area (Å²) < 4.78 is 5.85. The zero-order valence-corrected chi connectivity index (χ0v) is 17.1. The molecule has 0 bridgehead atoms. The van der Waals surface area contributed by atoms with Crippen LogP contribution in [0, 0.1) is 12.3 Å². The zero-order valence-electron chi connectivity index (χ0n) is 16.3. The fourth-order valence-corrected chi connectivity index (χ4v) is 4.29. The van der Waals surface area contributed by atoms with Gasteiger partial charge in [0, 0.05) is 11.6 Å². The van der Waals surface area contributed by atoms with Crippen LogP contribution in [0.4, 0.5) is 5.69 Å². The molecule has 0 saturated carbocycles. The van der Waals surface area contributed by atoms with Gasteiger partial charge in [-0.25, -0.2) is 0 Å². The van der Waals surface area contributed by atoms with Crippen molar-refractivity contribution in [3.8, 4) is 11.3 Å². The fourth-order valence-electron chi connectivity index (χ4n) is 3.45. The van der Waals surface area contributed by atoms with Crippen LogP contribution < -0.4 is 10.2 Å². The predicted molar refractivity (Wildman–Crippen MR) is 118 cm³/mol. The van der Waals surface area contributed by atoms with Crippen LogP contribution in [0.1, 0.15) is 32.0 Å². The van der Waals surface area contributed by atoms with E-state index < -0.39 is 11.8 Å². The summed E-state index contributed by atoms with van der Waals surface area (Å²) in [5.41, 5.74) is 3.00. The van der Waals surface area contributed by atoms with Crippen LogP contribution in [-0.4, -0.2) is 22.9 Å². The Balaban J connectivity index is 1.42. The number of benzene rings is 2. The van der Waals surface area contributed by atoms with Gasteiger partial charge in [-0.05, 0) is 55.1 Å². The Labute approximate surface area is 181 Å². The van der Waals surface area contributed by atoms with Crippen molar-refractivity contribution >= 4 is 46.4 Å². The first-order chi connectivity index (χ1) is 14.9. The number of thioether (sulfide) groups is 1. The van der Waals surface area contributed by atoms with E-state index >= 15 is 0 Å². The van der Waals surface area contributed by atoms with E-state index in [0.717, 1.165) is 17.3 Å². The van der Waals surface area contributed by atoms with Gasteiger partial charge >= 0.3 is 0 Å². The van der Waals surface area contributed by atoms with Crippen molar-refractivity contribution < 1.29 is 18.8 Å². The molecule has 2 aliphatic rings. The molecule has 0 radical (unpaired) electrons. The average Bonchev–Trinajstić information content (AvgIpc) is 3.41. The smallest absolute Gasteiger partial charge is 0.271 e. The predicted octanol–water partition coefficient (Wildman–Crippen LogP) is 4.19. The maximum atomic E-state index is 12.9. The summed E-state index contributed by atoms with van der Waals surface area (Å²) in [6, 6.07) is 15.8. The lowest BCUT2D eigenvalue weighted by atomic mass is 10.0. The molecular weight excluding hydrogens is 414 g/mol. The Morgan fingerprint density at radius 2 is 1.71 bits per heavy atom. The Bertz CT molecular complexity index is 1320. The number of carbonyl (C=O) groups excluding carboxylic acids is 3. The summed E-state index contributed by atoms with van der Waals surface area (Å²) in [6.07, 6.45) is 1.60. The van der Waals surface area contributed by atoms with Gasteiger partial charge in [-0.15, -0.1) is 0 Å². The van der Waals surface area contributed by atoms with Gasteiger partial charge in [0.25, 0.3) is 17.7 Å². The first-order valence-corrected chi connectivity index (χ1v) is 10.2. The Morgan fingerprint density at radius 1 is 0.968 bits per heavy atom. The number of aryl methyl sites for hydroxylation is 1. The monoisotopic (exact) mass is 429 g/mol. The highest BCUT2D eigenvalue weighted by molar-refractivity contribution is 8.19. The largest absolute Gasteiger partial charge is 0.457 e. The first kappa shape index (κ1) is 19.1. The number of hydrogen-bond acceptors (Lipinski definition) is 6. The standard InChI is InChI=1S/C23H15N3O4S/c1-12-2-5-14(6-3-12)26-22(29)19(31-23(26)24)11-15-7-9-18(30-15)13-4-8-16-17(10-13)21(28)25-20(16)27/h2-11,24H,1H3,(H,25,27,28)/b19-11-,24-23?. The minimum atomic E-state index is -0.432. The van der Waals surface area contributed by atoms with Gasteiger partial charge in [0.05, 0.1) is 21.7 Å². The van der Waals surface area contributed by atoms with Gasteiger partial charge in [-0.3, -0.25) is 30.0 Å². The number of nitrogens with zero attached hydrogens (tertiary/aromatic N) is 1. The van der Waals surface area contributed by atoms with Crippen LogP contribution in [0.3, 0.4) is 0 Å². The van der Waals surface area contributed by atoms with Gasteiger partial charge in [-0.2, -0.15) is 0 Å². The van der Waals surface area contributed by atoms with Crippen LogP contribution in [0.15, 0.2) is 63.9 Å². The highest BCUT2D eigenvalue weighted by Crippen LogP contribution is 2.36. The van der Waals surface area contributed by atoms with Crippen molar-refractivity contribution in [3.05, 3.63) is 82.0 Å². The lowest BCUT2D eigenvalue weighted by molar-refractivity contribution is -0.113. The average molecular weight is 429 g/mol. The molecule has 3 heterocycles. The topological polar surface area (TPSA) is 103 Å². The lowest BCUT2D eigenvalue weighted by Gasteiger charge is -2.14. The third-order valence-corrected chi connectivity index (χ3v) is 5.92. The fraction of sp³-hybridized carbons (Fsp3) is 0.0435. The van der Waals surface area contributed by atoms with Crippen LogP contribution in [0.2, 0.25) is 0 Å². The summed E-state index contributed by atoms with van der Waals surface area (Å²) in [6.45, 7) is 1.96. The molecule has 31 heavy (non-hydrogen) atoms. The number of fused-ring (bicyclic) bond motifs is 1. The molecular formula is C23H15N3O4S. The molecule has 3 amide bonds. The van der Waals surface area contributed by atoms with Gasteiger partial charge in [0.1, 0.15) is 11.5 Å². The lowest BCUT2D eigenvalue weighted by Crippen LogP contribution is -2.27. The van der Waals surface area contributed by atoms with E-state index in [9.17, 15) is 14.4 Å². The highest BCUT2D eigenvalue weighted by atomic mass is 32.2. The molecule has 2 N–H and O–H groups in total. The number of imide groups is 1. The first-order valence-electron chi connectivity index (χ1n) is 9.40. The SMILES string of the molecule is Cc1ccc(N2C(=N)S/C(=C\c3ccc(-c4ccc5c(c4)C(=O)NC5=O)o3)C2=O)cc1. The molecule has 152 valence electrons. The van der Waals surface area contributed by atoms with E-state index in [1.54, 1.807) is 36.4 Å². The molecule has 0 unspecified atom stereocenters. The molecule has 0 spiro atoms. The van der Waals surface area contributed by atoms with E-state index in [4.69, 9.17) is 9.83 Å². The van der Waals surface area contributed by atoms with Crippen molar-refractivity contribution in [2.45, 2.75) is 6.92 Å². The van der Waals surface area contributed by atoms with Gasteiger partial charge < -0.3 is 4.42 Å². The second kappa shape index (κ2) is 7.10. The number of amides is 3. The second-order valence-electron chi connectivity index (χ2n) is 7.14. The summed E-state index contributed by atoms with van der Waals surface area (Å²) in [7, 11) is 0. The van der Waals surface area contributed by atoms with Crippen molar-refractivity contribution in [1.82, 2.24) is 5.32 Å². The van der Waals surface area contributed by atoms with Crippen LogP contribution in [0.25, 0.3) is 17.4 Å². The number of rotatable bonds is 3. The second-order valence-corrected chi connectivity index (χ2v) is 8.17. The minimum Gasteiger partial charge on any atom is -0.457 e. The highest BCUT2D eigenvalue weighted by Gasteiger charge is 2.34. The molecule has 8 heteroatoms. The Morgan fingerprint density at radius 3 is 2.48 bits per heavy atom. The van der Waals surface area contributed by atoms with E-state index in [1.807, 2.05) is 31.2 Å². The van der Waals surface area contributed by atoms with Gasteiger partial charge in [0.15, 0.2) is 5.17 Å². The third-order valence-electron chi connectivity index (χ3n) is 5.04. The number of furan rings is 1. The number of carbonyl (C=O) groups is 3. The molecule has 5 rings (SSSR count). The van der Waals surface area contributed by atoms with Gasteiger partial charge in [-0.1, -0.05) is 23.8 Å². The molecule has 2 aliphatic heterocycles.